The van der Waals surface area contributed by atoms with Crippen molar-refractivity contribution in [1.82, 2.24) is 24.4 Å². The molecule has 0 radical (unpaired) electrons. The molecule has 1 amide bonds. The smallest absolute Gasteiger partial charge is 0.373 e. The van der Waals surface area contributed by atoms with E-state index in [2.05, 4.69) is 35.8 Å². The Morgan fingerprint density at radius 2 is 1.76 bits per heavy atom. The Morgan fingerprint density at radius 3 is 2.49 bits per heavy atom. The van der Waals surface area contributed by atoms with Crippen LogP contribution in [0.5, 0.6) is 0 Å². The molecule has 10 nitrogen and oxygen atoms in total. The minimum absolute atomic E-state index is 0.0662. The first-order chi connectivity index (χ1) is 19.6. The summed E-state index contributed by atoms with van der Waals surface area (Å²) in [5.74, 6) is 1.07. The molecule has 5 rings (SSSR count). The summed E-state index contributed by atoms with van der Waals surface area (Å²) in [5, 5.41) is 8.98. The van der Waals surface area contributed by atoms with E-state index in [9.17, 15) is 18.0 Å². The lowest BCUT2D eigenvalue weighted by Gasteiger charge is -2.34. The summed E-state index contributed by atoms with van der Waals surface area (Å²) in [6.07, 6.45) is 0.222. The zero-order valence-electron chi connectivity index (χ0n) is 22.8. The first-order valence-corrected chi connectivity index (χ1v) is 13.0. The molecule has 13 heteroatoms. The summed E-state index contributed by atoms with van der Waals surface area (Å²) in [7, 11) is 3.73. The number of rotatable bonds is 7. The van der Waals surface area contributed by atoms with Crippen LogP contribution in [0, 0.1) is 6.92 Å². The van der Waals surface area contributed by atoms with Crippen molar-refractivity contribution >= 4 is 34.7 Å². The molecule has 3 N–H and O–H groups in total. The number of nitrogens with one attached hydrogen (secondary N) is 3. The minimum atomic E-state index is -4.59. The number of carbonyl (C=O) groups excluding carboxylic acids is 1. The van der Waals surface area contributed by atoms with Gasteiger partial charge in [-0.2, -0.15) is 13.2 Å². The Morgan fingerprint density at radius 1 is 0.976 bits per heavy atom. The van der Waals surface area contributed by atoms with Crippen LogP contribution < -0.4 is 20.9 Å². The maximum absolute atomic E-state index is 13.8. The van der Waals surface area contributed by atoms with Crippen molar-refractivity contribution in [1.29, 1.82) is 0 Å². The maximum atomic E-state index is 13.8. The summed E-state index contributed by atoms with van der Waals surface area (Å²) in [5.41, 5.74) is 1.39. The highest BCUT2D eigenvalue weighted by molar-refractivity contribution is 6.05. The van der Waals surface area contributed by atoms with Crippen molar-refractivity contribution < 1.29 is 18.0 Å². The zero-order valence-corrected chi connectivity index (χ0v) is 22.8. The van der Waals surface area contributed by atoms with E-state index in [1.807, 2.05) is 18.9 Å². The summed E-state index contributed by atoms with van der Waals surface area (Å²) < 4.78 is 43.0. The number of carbonyl (C=O) groups is 1. The summed E-state index contributed by atoms with van der Waals surface area (Å²) in [4.78, 5) is 30.0. The largest absolute Gasteiger partial charge is 0.416 e. The number of imidazole rings is 1. The normalized spacial score (nSPS) is 14.1. The van der Waals surface area contributed by atoms with Crippen LogP contribution in [-0.4, -0.2) is 70.6 Å². The van der Waals surface area contributed by atoms with E-state index in [1.54, 1.807) is 48.3 Å². The van der Waals surface area contributed by atoms with E-state index in [-0.39, 0.29) is 5.56 Å². The predicted octanol–water partition coefficient (Wildman–Crippen LogP) is 4.78. The Labute approximate surface area is 235 Å². The fourth-order valence-electron chi connectivity index (χ4n) is 4.51. The highest BCUT2D eigenvalue weighted by Gasteiger charge is 2.32. The van der Waals surface area contributed by atoms with E-state index < -0.39 is 17.6 Å². The summed E-state index contributed by atoms with van der Waals surface area (Å²) in [6.45, 7) is 4.49. The molecule has 1 aliphatic heterocycles. The molecule has 1 fully saturated rings. The second-order valence-electron chi connectivity index (χ2n) is 9.80. The van der Waals surface area contributed by atoms with Gasteiger partial charge in [0, 0.05) is 74.3 Å². The number of benzene rings is 2. The van der Waals surface area contributed by atoms with Crippen molar-refractivity contribution in [2.24, 2.45) is 0 Å². The van der Waals surface area contributed by atoms with E-state index in [0.29, 0.717) is 47.7 Å². The molecule has 41 heavy (non-hydrogen) atoms. The highest BCUT2D eigenvalue weighted by Crippen LogP contribution is 2.34. The van der Waals surface area contributed by atoms with Crippen LogP contribution in [0.2, 0.25) is 0 Å². The Bertz CT molecular complexity index is 1550. The first kappa shape index (κ1) is 27.9. The van der Waals surface area contributed by atoms with Gasteiger partial charge in [-0.05, 0) is 49.9 Å². The fraction of sp³-hybridized carbons (Fsp3) is 0.286. The molecule has 2 aromatic heterocycles. The maximum Gasteiger partial charge on any atom is 0.416 e. The van der Waals surface area contributed by atoms with Crippen LogP contribution in [0.4, 0.5) is 42.0 Å². The summed E-state index contributed by atoms with van der Waals surface area (Å²) in [6, 6.07) is 10.5. The molecule has 0 bridgehead atoms. The van der Waals surface area contributed by atoms with Gasteiger partial charge in [0.2, 0.25) is 5.95 Å². The van der Waals surface area contributed by atoms with Gasteiger partial charge in [-0.15, -0.1) is 0 Å². The number of hydrogen-bond donors (Lipinski definition) is 3. The van der Waals surface area contributed by atoms with Gasteiger partial charge in [0.05, 0.1) is 5.56 Å². The third-order valence-electron chi connectivity index (χ3n) is 6.91. The van der Waals surface area contributed by atoms with Gasteiger partial charge < -0.3 is 25.8 Å². The third-order valence-corrected chi connectivity index (χ3v) is 6.91. The monoisotopic (exact) mass is 565 g/mol. The molecule has 0 saturated carbocycles. The molecule has 0 aliphatic carbocycles. The van der Waals surface area contributed by atoms with Crippen LogP contribution in [0.15, 0.2) is 61.2 Å². The van der Waals surface area contributed by atoms with Crippen molar-refractivity contribution in [2.45, 2.75) is 13.1 Å². The third kappa shape index (κ3) is 6.40. The van der Waals surface area contributed by atoms with Crippen LogP contribution in [0.1, 0.15) is 21.5 Å². The second kappa shape index (κ2) is 11.5. The van der Waals surface area contributed by atoms with Gasteiger partial charge in [-0.25, -0.2) is 15.0 Å². The van der Waals surface area contributed by atoms with Gasteiger partial charge in [-0.3, -0.25) is 9.36 Å². The van der Waals surface area contributed by atoms with Crippen molar-refractivity contribution in [3.05, 3.63) is 77.9 Å². The number of amides is 1. The average molecular weight is 566 g/mol. The van der Waals surface area contributed by atoms with Crippen molar-refractivity contribution in [3.63, 3.8) is 0 Å². The fourth-order valence-corrected chi connectivity index (χ4v) is 4.51. The van der Waals surface area contributed by atoms with Crippen LogP contribution >= 0.6 is 0 Å². The second-order valence-corrected chi connectivity index (χ2v) is 9.80. The number of likely N-dealkylation sites (N-methyl/N-ethyl adjacent to an activating group) is 1. The lowest BCUT2D eigenvalue weighted by Crippen LogP contribution is -2.44. The van der Waals surface area contributed by atoms with Crippen molar-refractivity contribution in [3.8, 4) is 5.82 Å². The average Bonchev–Trinajstić information content (AvgIpc) is 3.42. The molecule has 1 saturated heterocycles. The molecule has 2 aromatic carbocycles. The molecule has 0 spiro atoms. The van der Waals surface area contributed by atoms with Crippen LogP contribution in [-0.2, 0) is 6.18 Å². The Kier molecular flexibility index (Phi) is 7.79. The number of alkyl halides is 3. The molecule has 214 valence electrons. The minimum Gasteiger partial charge on any atom is -0.373 e. The Hall–Kier alpha value is -4.65. The Balaban J connectivity index is 1.39. The van der Waals surface area contributed by atoms with Crippen LogP contribution in [0.25, 0.3) is 5.82 Å². The molecular weight excluding hydrogens is 535 g/mol. The zero-order chi connectivity index (χ0) is 29.1. The van der Waals surface area contributed by atoms with Gasteiger partial charge in [0.1, 0.15) is 18.0 Å². The lowest BCUT2D eigenvalue weighted by molar-refractivity contribution is -0.137. The van der Waals surface area contributed by atoms with Gasteiger partial charge in [0.25, 0.3) is 5.91 Å². The lowest BCUT2D eigenvalue weighted by atomic mass is 10.1. The number of piperazine rings is 1. The predicted molar refractivity (Wildman–Crippen MR) is 152 cm³/mol. The molecule has 0 unspecified atom stereocenters. The summed E-state index contributed by atoms with van der Waals surface area (Å²) >= 11 is 0. The number of aryl methyl sites for hydroxylation is 1. The molecule has 0 atom stereocenters. The molecule has 3 heterocycles. The topological polar surface area (TPSA) is 103 Å². The SMILES string of the molecule is CNc1cc(-n2ccnc2Nc2cc(NC(=O)c3cc(N4CCN(C)CC4)cc(C(F)(F)F)c3)ccc2C)ncn1. The van der Waals surface area contributed by atoms with Gasteiger partial charge >= 0.3 is 6.18 Å². The number of nitrogens with zero attached hydrogens (tertiary/aromatic N) is 6. The quantitative estimate of drug-likeness (QED) is 0.294. The molecule has 4 aromatic rings. The van der Waals surface area contributed by atoms with Crippen molar-refractivity contribution in [2.75, 3.05) is 61.1 Å². The van der Waals surface area contributed by atoms with E-state index >= 15 is 0 Å². The van der Waals surface area contributed by atoms with E-state index in [0.717, 1.165) is 30.8 Å². The number of hydrogen-bond acceptors (Lipinski definition) is 8. The first-order valence-electron chi connectivity index (χ1n) is 13.0. The number of anilines is 5. The van der Waals surface area contributed by atoms with Gasteiger partial charge in [0.15, 0.2) is 0 Å². The molecule has 1 aliphatic rings. The standard InChI is InChI=1S/C28H30F3N9O/c1-18-4-5-21(15-23(18)37-27-33-6-7-40(27)25-16-24(32-2)34-17-35-25)36-26(41)19-12-20(28(29,30)31)14-22(13-19)39-10-8-38(3)9-11-39/h4-7,12-17H,8-11H2,1-3H3,(H,33,37)(H,36,41)(H,32,34,35). The van der Waals surface area contributed by atoms with Gasteiger partial charge in [-0.1, -0.05) is 6.07 Å². The van der Waals surface area contributed by atoms with E-state index in [1.165, 1.54) is 12.4 Å². The van der Waals surface area contributed by atoms with Crippen LogP contribution in [0.3, 0.4) is 0 Å². The number of aromatic nitrogens is 4. The van der Waals surface area contributed by atoms with E-state index in [4.69, 9.17) is 0 Å². The molecular formula is C28H30F3N9O. The number of halogens is 3. The highest BCUT2D eigenvalue weighted by atomic mass is 19.4.